The minimum absolute atomic E-state index is 0.0254. The highest BCUT2D eigenvalue weighted by atomic mass is 16.6. The lowest BCUT2D eigenvalue weighted by Gasteiger charge is -2.27. The van der Waals surface area contributed by atoms with Crippen LogP contribution >= 0.6 is 0 Å². The molecule has 0 spiro atoms. The van der Waals surface area contributed by atoms with Crippen molar-refractivity contribution in [2.75, 3.05) is 27.4 Å². The van der Waals surface area contributed by atoms with E-state index >= 15 is 0 Å². The van der Waals surface area contributed by atoms with E-state index in [1.165, 1.54) is 0 Å². The molecule has 3 aromatic carbocycles. The normalized spacial score (nSPS) is 14.1. The Morgan fingerprint density at radius 2 is 1.68 bits per heavy atom. The van der Waals surface area contributed by atoms with Crippen LogP contribution in [-0.4, -0.2) is 33.4 Å². The number of fused-ring (bicyclic) bond motifs is 1. The van der Waals surface area contributed by atoms with Gasteiger partial charge in [0.15, 0.2) is 18.1 Å². The molecule has 9 nitrogen and oxygen atoms in total. The number of carbonyl (C=O) groups is 1. The first-order valence-electron chi connectivity index (χ1n) is 12.8. The maximum Gasteiger partial charge on any atom is 0.349 e. The summed E-state index contributed by atoms with van der Waals surface area (Å²) in [6.07, 6.45) is 0.913. The summed E-state index contributed by atoms with van der Waals surface area (Å²) in [5, 5.41) is 9.91. The van der Waals surface area contributed by atoms with Crippen molar-refractivity contribution >= 4 is 5.97 Å². The van der Waals surface area contributed by atoms with Crippen LogP contribution in [0.25, 0.3) is 0 Å². The summed E-state index contributed by atoms with van der Waals surface area (Å²) < 4.78 is 33.3. The van der Waals surface area contributed by atoms with Crippen molar-refractivity contribution in [3.05, 3.63) is 83.2 Å². The molecule has 208 valence electrons. The van der Waals surface area contributed by atoms with E-state index in [4.69, 9.17) is 34.2 Å². The molecule has 1 heterocycles. The third-order valence-electron chi connectivity index (χ3n) is 6.31. The molecule has 0 saturated carbocycles. The molecular formula is C31H32N2O7. The largest absolute Gasteiger partial charge is 0.497 e. The average molecular weight is 545 g/mol. The van der Waals surface area contributed by atoms with Crippen LogP contribution in [0.4, 0.5) is 0 Å². The second kappa shape index (κ2) is 12.8. The summed E-state index contributed by atoms with van der Waals surface area (Å²) in [7, 11) is 3.14. The van der Waals surface area contributed by atoms with E-state index in [0.29, 0.717) is 46.8 Å². The summed E-state index contributed by atoms with van der Waals surface area (Å²) in [5.41, 5.74) is 7.88. The molecule has 1 unspecified atom stereocenters. The molecule has 9 heteroatoms. The second-order valence-corrected chi connectivity index (χ2v) is 9.50. The van der Waals surface area contributed by atoms with Gasteiger partial charge in [-0.25, -0.2) is 4.79 Å². The van der Waals surface area contributed by atoms with Gasteiger partial charge in [-0.3, -0.25) is 0 Å². The standard InChI is InChI=1S/C31H32N2O7/c1-19(2)13-14-37-26-12-5-20(15-28(26)36-4)30-24-11-10-23(16-27(24)40-31(33)25(30)17-32)39-29(34)18-38-22-8-6-21(35-3)7-9-22/h5-12,15-16,19,30H,13-14,18,33H2,1-4H3. The number of carbonyl (C=O) groups excluding carboxylic acids is 1. The summed E-state index contributed by atoms with van der Waals surface area (Å²) in [4.78, 5) is 12.4. The van der Waals surface area contributed by atoms with E-state index < -0.39 is 11.9 Å². The Labute approximate surface area is 233 Å². The van der Waals surface area contributed by atoms with Crippen molar-refractivity contribution in [3.8, 4) is 40.6 Å². The number of nitrogens with zero attached hydrogens (tertiary/aromatic N) is 1. The molecule has 40 heavy (non-hydrogen) atoms. The number of nitriles is 1. The predicted octanol–water partition coefficient (Wildman–Crippen LogP) is 5.33. The second-order valence-electron chi connectivity index (χ2n) is 9.50. The Bertz CT molecular complexity index is 1420. The molecule has 0 amide bonds. The molecular weight excluding hydrogens is 512 g/mol. The highest BCUT2D eigenvalue weighted by Gasteiger charge is 2.32. The first kappa shape index (κ1) is 28.2. The maximum atomic E-state index is 12.4. The quantitative estimate of drug-likeness (QED) is 0.252. The topological polar surface area (TPSA) is 122 Å². The molecule has 0 aromatic heterocycles. The lowest BCUT2D eigenvalue weighted by atomic mass is 9.83. The van der Waals surface area contributed by atoms with Gasteiger partial charge >= 0.3 is 5.97 Å². The molecule has 1 atom stereocenters. The van der Waals surface area contributed by atoms with Crippen molar-refractivity contribution in [2.45, 2.75) is 26.2 Å². The van der Waals surface area contributed by atoms with E-state index in [1.807, 2.05) is 18.2 Å². The van der Waals surface area contributed by atoms with Gasteiger partial charge in [0, 0.05) is 11.6 Å². The van der Waals surface area contributed by atoms with Crippen molar-refractivity contribution in [1.82, 2.24) is 0 Å². The van der Waals surface area contributed by atoms with Crippen LogP contribution in [0.3, 0.4) is 0 Å². The maximum absolute atomic E-state index is 12.4. The smallest absolute Gasteiger partial charge is 0.349 e. The summed E-state index contributed by atoms with van der Waals surface area (Å²) in [6.45, 7) is 4.54. The third-order valence-corrected chi connectivity index (χ3v) is 6.31. The molecule has 3 aromatic rings. The van der Waals surface area contributed by atoms with Gasteiger partial charge in [0.05, 0.1) is 26.7 Å². The van der Waals surface area contributed by atoms with Crippen LogP contribution in [0.5, 0.6) is 34.5 Å². The number of nitrogens with two attached hydrogens (primary N) is 1. The van der Waals surface area contributed by atoms with E-state index in [0.717, 1.165) is 12.0 Å². The van der Waals surface area contributed by atoms with Gasteiger partial charge in [-0.2, -0.15) is 5.26 Å². The zero-order chi connectivity index (χ0) is 28.6. The van der Waals surface area contributed by atoms with Crippen molar-refractivity contribution in [2.24, 2.45) is 11.7 Å². The van der Waals surface area contributed by atoms with Crippen LogP contribution in [-0.2, 0) is 4.79 Å². The van der Waals surface area contributed by atoms with Crippen LogP contribution in [0.1, 0.15) is 37.3 Å². The molecule has 0 radical (unpaired) electrons. The van der Waals surface area contributed by atoms with Crippen LogP contribution in [0, 0.1) is 17.2 Å². The Morgan fingerprint density at radius 3 is 2.35 bits per heavy atom. The van der Waals surface area contributed by atoms with Crippen LogP contribution in [0.15, 0.2) is 72.1 Å². The number of hydrogen-bond acceptors (Lipinski definition) is 9. The van der Waals surface area contributed by atoms with Gasteiger partial charge < -0.3 is 34.2 Å². The minimum atomic E-state index is -0.595. The minimum Gasteiger partial charge on any atom is -0.497 e. The monoisotopic (exact) mass is 544 g/mol. The predicted molar refractivity (Wildman–Crippen MR) is 148 cm³/mol. The molecule has 1 aliphatic rings. The summed E-state index contributed by atoms with van der Waals surface area (Å²) in [5.74, 6) is 2.35. The SMILES string of the molecule is COc1ccc(OCC(=O)Oc2ccc3c(c2)OC(N)=C(C#N)C3c2ccc(OCCC(C)C)c(OC)c2)cc1. The van der Waals surface area contributed by atoms with Gasteiger partial charge in [0.25, 0.3) is 0 Å². The molecule has 0 bridgehead atoms. The number of methoxy groups -OCH3 is 2. The highest BCUT2D eigenvalue weighted by Crippen LogP contribution is 2.45. The first-order valence-corrected chi connectivity index (χ1v) is 12.8. The number of esters is 1. The van der Waals surface area contributed by atoms with E-state index in [-0.39, 0.29) is 23.8 Å². The zero-order valence-electron chi connectivity index (χ0n) is 22.9. The van der Waals surface area contributed by atoms with Gasteiger partial charge in [-0.15, -0.1) is 0 Å². The Hall–Kier alpha value is -4.84. The number of allylic oxidation sites excluding steroid dienone is 1. The number of ether oxygens (including phenoxy) is 6. The molecule has 2 N–H and O–H groups in total. The molecule has 0 fully saturated rings. The van der Waals surface area contributed by atoms with Gasteiger partial charge in [-0.1, -0.05) is 26.0 Å². The lowest BCUT2D eigenvalue weighted by molar-refractivity contribution is -0.136. The first-order chi connectivity index (χ1) is 19.3. The van der Waals surface area contributed by atoms with Crippen molar-refractivity contribution in [3.63, 3.8) is 0 Å². The molecule has 0 aliphatic carbocycles. The Balaban J connectivity index is 1.53. The highest BCUT2D eigenvalue weighted by molar-refractivity contribution is 5.74. The summed E-state index contributed by atoms with van der Waals surface area (Å²) in [6, 6.07) is 19.5. The van der Waals surface area contributed by atoms with Crippen LogP contribution < -0.4 is 34.2 Å². The van der Waals surface area contributed by atoms with Gasteiger partial charge in [0.1, 0.15) is 34.6 Å². The van der Waals surface area contributed by atoms with Crippen molar-refractivity contribution < 1.29 is 33.2 Å². The third kappa shape index (κ3) is 6.59. The fraction of sp³-hybridized carbons (Fsp3) is 0.290. The Morgan fingerprint density at radius 1 is 0.950 bits per heavy atom. The molecule has 4 rings (SSSR count). The number of hydrogen-bond donors (Lipinski definition) is 1. The molecule has 0 saturated heterocycles. The summed E-state index contributed by atoms with van der Waals surface area (Å²) >= 11 is 0. The number of rotatable bonds is 11. The molecule has 1 aliphatic heterocycles. The van der Waals surface area contributed by atoms with E-state index in [2.05, 4.69) is 19.9 Å². The number of benzene rings is 3. The van der Waals surface area contributed by atoms with E-state index in [1.54, 1.807) is 56.7 Å². The zero-order valence-corrected chi connectivity index (χ0v) is 22.9. The van der Waals surface area contributed by atoms with E-state index in [9.17, 15) is 10.1 Å². The fourth-order valence-electron chi connectivity index (χ4n) is 4.20. The Kier molecular flexibility index (Phi) is 9.02. The van der Waals surface area contributed by atoms with Gasteiger partial charge in [-0.05, 0) is 60.4 Å². The lowest BCUT2D eigenvalue weighted by Crippen LogP contribution is -2.22. The van der Waals surface area contributed by atoms with Gasteiger partial charge in [0.2, 0.25) is 5.88 Å². The average Bonchev–Trinajstić information content (AvgIpc) is 2.95. The van der Waals surface area contributed by atoms with Crippen molar-refractivity contribution in [1.29, 1.82) is 5.26 Å². The van der Waals surface area contributed by atoms with Crippen LogP contribution in [0.2, 0.25) is 0 Å². The fourth-order valence-corrected chi connectivity index (χ4v) is 4.20.